The Hall–Kier alpha value is -3.02. The van der Waals surface area contributed by atoms with E-state index in [0.29, 0.717) is 13.1 Å². The lowest BCUT2D eigenvalue weighted by Gasteiger charge is -2.42. The third kappa shape index (κ3) is 8.00. The molecule has 0 aromatic heterocycles. The van der Waals surface area contributed by atoms with Gasteiger partial charge in [-0.25, -0.2) is 4.79 Å². The molecule has 2 aromatic carbocycles. The molecule has 39 heavy (non-hydrogen) atoms. The number of rotatable bonds is 10. The summed E-state index contributed by atoms with van der Waals surface area (Å²) in [6.45, 7) is 6.37. The molecule has 10 heteroatoms. The van der Waals surface area contributed by atoms with Crippen LogP contribution in [-0.4, -0.2) is 72.1 Å². The van der Waals surface area contributed by atoms with E-state index in [1.54, 1.807) is 6.92 Å². The topological polar surface area (TPSA) is 130 Å². The highest BCUT2D eigenvalue weighted by atomic mass is 16.7. The zero-order valence-electron chi connectivity index (χ0n) is 22.5. The van der Waals surface area contributed by atoms with E-state index in [4.69, 9.17) is 14.2 Å². The Labute approximate surface area is 229 Å². The van der Waals surface area contributed by atoms with Gasteiger partial charge < -0.3 is 35.1 Å². The van der Waals surface area contributed by atoms with Crippen molar-refractivity contribution < 1.29 is 34.0 Å². The van der Waals surface area contributed by atoms with Gasteiger partial charge >= 0.3 is 12.0 Å². The van der Waals surface area contributed by atoms with Crippen LogP contribution in [0.5, 0.6) is 0 Å². The fourth-order valence-corrected chi connectivity index (χ4v) is 4.96. The zero-order valence-corrected chi connectivity index (χ0v) is 22.5. The van der Waals surface area contributed by atoms with Crippen molar-refractivity contribution in [1.82, 2.24) is 15.5 Å². The van der Waals surface area contributed by atoms with Crippen LogP contribution in [0.15, 0.2) is 48.5 Å². The van der Waals surface area contributed by atoms with Gasteiger partial charge in [0.25, 0.3) is 0 Å². The molecule has 0 saturated carbocycles. The van der Waals surface area contributed by atoms with Gasteiger partial charge in [0.1, 0.15) is 6.54 Å². The average molecular weight is 542 g/mol. The predicted molar refractivity (Wildman–Crippen MR) is 143 cm³/mol. The first-order chi connectivity index (χ1) is 18.9. The normalized spacial score (nSPS) is 25.3. The van der Waals surface area contributed by atoms with Gasteiger partial charge in [0, 0.05) is 37.7 Å². The van der Waals surface area contributed by atoms with E-state index in [0.717, 1.165) is 35.2 Å². The highest BCUT2D eigenvalue weighted by molar-refractivity contribution is 5.80. The van der Waals surface area contributed by atoms with Crippen LogP contribution in [0.25, 0.3) is 0 Å². The summed E-state index contributed by atoms with van der Waals surface area (Å²) in [7, 11) is 0. The molecular weight excluding hydrogens is 502 g/mol. The fraction of sp³-hybridized carbons (Fsp3) is 0.517. The van der Waals surface area contributed by atoms with E-state index in [1.807, 2.05) is 48.5 Å². The average Bonchev–Trinajstić information content (AvgIpc) is 3.36. The third-order valence-electron chi connectivity index (χ3n) is 7.21. The monoisotopic (exact) mass is 541 g/mol. The summed E-state index contributed by atoms with van der Waals surface area (Å²) < 4.78 is 17.8. The minimum absolute atomic E-state index is 0.0126. The molecular formula is C29H39N3O7. The maximum Gasteiger partial charge on any atom is 0.325 e. The van der Waals surface area contributed by atoms with Crippen molar-refractivity contribution in [3.05, 3.63) is 70.8 Å². The summed E-state index contributed by atoms with van der Waals surface area (Å²) >= 11 is 0. The molecule has 2 amide bonds. The number of esters is 1. The van der Waals surface area contributed by atoms with E-state index in [9.17, 15) is 19.8 Å². The van der Waals surface area contributed by atoms with Gasteiger partial charge in [0.05, 0.1) is 31.5 Å². The lowest BCUT2D eigenvalue weighted by atomic mass is 9.90. The van der Waals surface area contributed by atoms with Gasteiger partial charge in [0.2, 0.25) is 0 Å². The number of aliphatic hydroxyl groups is 2. The number of nitrogens with one attached hydrogen (secondary N) is 2. The summed E-state index contributed by atoms with van der Waals surface area (Å²) in [4.78, 5) is 25.6. The van der Waals surface area contributed by atoms with Crippen LogP contribution in [0.1, 0.15) is 54.9 Å². The summed E-state index contributed by atoms with van der Waals surface area (Å²) in [6, 6.07) is 15.0. The maximum absolute atomic E-state index is 12.0. The van der Waals surface area contributed by atoms with E-state index >= 15 is 0 Å². The number of hydrogen-bond donors (Lipinski definition) is 4. The highest BCUT2D eigenvalue weighted by Crippen LogP contribution is 2.42. The van der Waals surface area contributed by atoms with Crippen molar-refractivity contribution in [2.24, 2.45) is 5.92 Å². The summed E-state index contributed by atoms with van der Waals surface area (Å²) in [5.41, 5.74) is 3.61. The summed E-state index contributed by atoms with van der Waals surface area (Å²) in [5, 5.41) is 24.6. The number of benzene rings is 2. The molecule has 5 atom stereocenters. The minimum Gasteiger partial charge on any atom is -0.465 e. The number of nitrogens with zero attached hydrogens (tertiary/aromatic N) is 1. The Morgan fingerprint density at radius 1 is 1.03 bits per heavy atom. The zero-order chi connectivity index (χ0) is 27.8. The number of ether oxygens (including phenoxy) is 3. The van der Waals surface area contributed by atoms with Gasteiger partial charge in [0.15, 0.2) is 6.29 Å². The van der Waals surface area contributed by atoms with Crippen molar-refractivity contribution in [2.45, 2.75) is 58.0 Å². The highest BCUT2D eigenvalue weighted by Gasteiger charge is 2.39. The van der Waals surface area contributed by atoms with Crippen LogP contribution in [-0.2, 0) is 32.2 Å². The molecule has 2 aliphatic rings. The first-order valence-corrected chi connectivity index (χ1v) is 13.5. The second kappa shape index (κ2) is 13.9. The van der Waals surface area contributed by atoms with Crippen molar-refractivity contribution >= 4 is 12.0 Å². The molecule has 10 nitrogen and oxygen atoms in total. The van der Waals surface area contributed by atoms with E-state index in [1.165, 1.54) is 0 Å². The van der Waals surface area contributed by atoms with Gasteiger partial charge in [-0.3, -0.25) is 9.69 Å². The van der Waals surface area contributed by atoms with Crippen molar-refractivity contribution in [1.29, 1.82) is 0 Å². The second-order valence-corrected chi connectivity index (χ2v) is 10.1. The van der Waals surface area contributed by atoms with Gasteiger partial charge in [-0.05, 0) is 30.0 Å². The van der Waals surface area contributed by atoms with Gasteiger partial charge in [-0.2, -0.15) is 0 Å². The maximum atomic E-state index is 12.0. The molecule has 2 aromatic rings. The Balaban J connectivity index is 1.42. The van der Waals surface area contributed by atoms with Crippen LogP contribution in [0.2, 0.25) is 0 Å². The van der Waals surface area contributed by atoms with Crippen LogP contribution < -0.4 is 10.6 Å². The molecule has 0 unspecified atom stereocenters. The molecule has 0 radical (unpaired) electrons. The van der Waals surface area contributed by atoms with Crippen molar-refractivity contribution in [3.63, 3.8) is 0 Å². The van der Waals surface area contributed by atoms with E-state index in [-0.39, 0.29) is 50.5 Å². The number of carbonyl (C=O) groups excluding carboxylic acids is 2. The third-order valence-corrected chi connectivity index (χ3v) is 7.21. The molecule has 212 valence electrons. The molecule has 4 N–H and O–H groups in total. The first kappa shape index (κ1) is 29.0. The molecule has 2 fully saturated rings. The fourth-order valence-electron chi connectivity index (χ4n) is 4.96. The minimum atomic E-state index is -0.587. The molecule has 4 rings (SSSR count). The summed E-state index contributed by atoms with van der Waals surface area (Å²) in [5.74, 6) is -0.420. The Bertz CT molecular complexity index is 1080. The molecule has 2 heterocycles. The molecule has 2 saturated heterocycles. The Morgan fingerprint density at radius 3 is 2.36 bits per heavy atom. The largest absolute Gasteiger partial charge is 0.465 e. The quantitative estimate of drug-likeness (QED) is 0.338. The second-order valence-electron chi connectivity index (χ2n) is 10.1. The number of carbonyl (C=O) groups is 2. The number of β-amino-alcohol motifs (C(OH)–C–C–N with tert-alkyl or cyclic N) is 1. The lowest BCUT2D eigenvalue weighted by Crippen LogP contribution is -2.44. The first-order valence-electron chi connectivity index (χ1n) is 13.5. The Kier molecular flexibility index (Phi) is 10.3. The molecule has 0 aliphatic carbocycles. The Morgan fingerprint density at radius 2 is 1.72 bits per heavy atom. The van der Waals surface area contributed by atoms with Gasteiger partial charge in [-0.15, -0.1) is 0 Å². The number of hydrogen-bond acceptors (Lipinski definition) is 8. The number of amides is 2. The standard InChI is InChI=1S/C29H39N3O7/c1-3-37-26(35)15-31-29(36)30-14-20-4-10-23(11-5-20)28-38-25(17-32-13-12-24(34)16-32)19(2)27(39-28)22-8-6-21(18-33)7-9-22/h4-11,19,24-25,27-28,33-34H,3,12-18H2,1-2H3,(H2,30,31,36)/t19-,24+,25+,27+,28+/m1/s1. The number of likely N-dealkylation sites (tertiary alicyclic amines) is 1. The van der Waals surface area contributed by atoms with Crippen LogP contribution >= 0.6 is 0 Å². The molecule has 0 bridgehead atoms. The number of urea groups is 1. The van der Waals surface area contributed by atoms with E-state index in [2.05, 4.69) is 22.5 Å². The van der Waals surface area contributed by atoms with Crippen molar-refractivity contribution in [2.75, 3.05) is 32.8 Å². The summed E-state index contributed by atoms with van der Waals surface area (Å²) in [6.07, 6.45) is -0.439. The van der Waals surface area contributed by atoms with Gasteiger partial charge in [-0.1, -0.05) is 55.5 Å². The molecule has 2 aliphatic heterocycles. The van der Waals surface area contributed by atoms with E-state index < -0.39 is 18.3 Å². The predicted octanol–water partition coefficient (Wildman–Crippen LogP) is 2.40. The van der Waals surface area contributed by atoms with Crippen LogP contribution in [0, 0.1) is 5.92 Å². The smallest absolute Gasteiger partial charge is 0.325 e. The van der Waals surface area contributed by atoms with Crippen molar-refractivity contribution in [3.8, 4) is 0 Å². The number of aliphatic hydroxyl groups excluding tert-OH is 2. The molecule has 0 spiro atoms. The lowest BCUT2D eigenvalue weighted by molar-refractivity contribution is -0.276. The van der Waals surface area contributed by atoms with Crippen LogP contribution in [0.3, 0.4) is 0 Å². The van der Waals surface area contributed by atoms with Crippen LogP contribution in [0.4, 0.5) is 4.79 Å². The SMILES string of the molecule is CCOC(=O)CNC(=O)NCc1ccc([C@H]2O[C@@H](CN3CC[C@H](O)C3)[C@@H](C)[C@@H](c3ccc(CO)cc3)O2)cc1.